The Morgan fingerprint density at radius 3 is 2.40 bits per heavy atom. The zero-order valence-electron chi connectivity index (χ0n) is 13.7. The quantitative estimate of drug-likeness (QED) is 0.532. The van der Waals surface area contributed by atoms with Crippen molar-refractivity contribution in [3.8, 4) is 11.5 Å². The van der Waals surface area contributed by atoms with Crippen LogP contribution >= 0.6 is 23.2 Å². The fourth-order valence-electron chi connectivity index (χ4n) is 1.97. The van der Waals surface area contributed by atoms with Gasteiger partial charge in [0.15, 0.2) is 30.5 Å². The summed E-state index contributed by atoms with van der Waals surface area (Å²) in [5.41, 5.74) is 1.31. The molecule has 132 valence electrons. The Kier molecular flexibility index (Phi) is 6.67. The summed E-state index contributed by atoms with van der Waals surface area (Å²) < 4.78 is 15.5. The van der Waals surface area contributed by atoms with Crippen LogP contribution in [0.1, 0.15) is 15.9 Å². The van der Waals surface area contributed by atoms with Gasteiger partial charge in [-0.2, -0.15) is 0 Å². The molecule has 0 amide bonds. The lowest BCUT2D eigenvalue weighted by Crippen LogP contribution is -2.19. The average Bonchev–Trinajstić information content (AvgIpc) is 2.60. The minimum atomic E-state index is -0.670. The summed E-state index contributed by atoms with van der Waals surface area (Å²) >= 11 is 11.6. The van der Waals surface area contributed by atoms with E-state index in [0.717, 1.165) is 5.56 Å². The number of hydrogen-bond acceptors (Lipinski definition) is 5. The van der Waals surface area contributed by atoms with Crippen LogP contribution in [0.25, 0.3) is 0 Å². The van der Waals surface area contributed by atoms with Crippen LogP contribution in [0.2, 0.25) is 10.0 Å². The number of carbonyl (C=O) groups is 2. The summed E-state index contributed by atoms with van der Waals surface area (Å²) in [6.07, 6.45) is 0. The molecule has 0 aliphatic rings. The van der Waals surface area contributed by atoms with Crippen LogP contribution in [0, 0.1) is 6.92 Å². The van der Waals surface area contributed by atoms with E-state index in [4.69, 9.17) is 37.4 Å². The Balaban J connectivity index is 1.86. The van der Waals surface area contributed by atoms with Gasteiger partial charge in [0.25, 0.3) is 0 Å². The smallest absolute Gasteiger partial charge is 0.344 e. The van der Waals surface area contributed by atoms with Crippen molar-refractivity contribution in [2.24, 2.45) is 0 Å². The highest BCUT2D eigenvalue weighted by molar-refractivity contribution is 6.42. The molecular formula is C18H16Cl2O5. The van der Waals surface area contributed by atoms with Crippen molar-refractivity contribution < 1.29 is 23.8 Å². The summed E-state index contributed by atoms with van der Waals surface area (Å²) in [6.45, 7) is 1.16. The molecule has 5 nitrogen and oxygen atoms in total. The molecule has 7 heteroatoms. The third-order valence-corrected chi connectivity index (χ3v) is 4.01. The zero-order chi connectivity index (χ0) is 18.4. The maximum Gasteiger partial charge on any atom is 0.344 e. The number of halogens is 2. The van der Waals surface area contributed by atoms with Crippen molar-refractivity contribution in [1.29, 1.82) is 0 Å². The third kappa shape index (κ3) is 5.37. The van der Waals surface area contributed by atoms with Gasteiger partial charge >= 0.3 is 5.97 Å². The van der Waals surface area contributed by atoms with E-state index >= 15 is 0 Å². The minimum absolute atomic E-state index is 0.258. The Hall–Kier alpha value is -2.24. The molecule has 0 heterocycles. The molecule has 25 heavy (non-hydrogen) atoms. The van der Waals surface area contributed by atoms with Crippen LogP contribution in [-0.4, -0.2) is 32.1 Å². The van der Waals surface area contributed by atoms with E-state index in [1.165, 1.54) is 25.3 Å². The normalized spacial score (nSPS) is 10.2. The minimum Gasteiger partial charge on any atom is -0.493 e. The van der Waals surface area contributed by atoms with Gasteiger partial charge in [-0.25, -0.2) is 4.79 Å². The van der Waals surface area contributed by atoms with Crippen LogP contribution in [-0.2, 0) is 9.53 Å². The summed E-state index contributed by atoms with van der Waals surface area (Å²) in [4.78, 5) is 23.7. The van der Waals surface area contributed by atoms with Crippen molar-refractivity contribution in [2.45, 2.75) is 6.92 Å². The molecule has 2 aromatic rings. The van der Waals surface area contributed by atoms with Gasteiger partial charge in [-0.1, -0.05) is 29.3 Å². The van der Waals surface area contributed by atoms with Gasteiger partial charge in [-0.15, -0.1) is 0 Å². The second kappa shape index (κ2) is 8.74. The Morgan fingerprint density at radius 1 is 0.960 bits per heavy atom. The van der Waals surface area contributed by atoms with Gasteiger partial charge < -0.3 is 14.2 Å². The second-order valence-electron chi connectivity index (χ2n) is 5.16. The number of ether oxygens (including phenoxy) is 3. The summed E-state index contributed by atoms with van der Waals surface area (Å²) in [5.74, 6) is -0.128. The number of esters is 1. The molecular weight excluding hydrogens is 367 g/mol. The number of hydrogen-bond donors (Lipinski definition) is 0. The fourth-order valence-corrected chi connectivity index (χ4v) is 2.27. The highest BCUT2D eigenvalue weighted by Gasteiger charge is 2.13. The van der Waals surface area contributed by atoms with Crippen LogP contribution < -0.4 is 9.47 Å². The number of benzene rings is 2. The van der Waals surface area contributed by atoms with E-state index < -0.39 is 12.6 Å². The number of carbonyl (C=O) groups excluding carboxylic acids is 2. The van der Waals surface area contributed by atoms with Crippen molar-refractivity contribution in [3.05, 3.63) is 57.6 Å². The molecule has 0 saturated carbocycles. The molecule has 0 saturated heterocycles. The molecule has 0 fully saturated rings. The van der Waals surface area contributed by atoms with E-state index in [0.29, 0.717) is 22.1 Å². The number of Topliss-reactive ketones (excluding diaryl/α,β-unsaturated/α-hetero) is 1. The van der Waals surface area contributed by atoms with Gasteiger partial charge in [0.2, 0.25) is 0 Å². The Labute approximate surface area is 155 Å². The number of rotatable bonds is 7. The van der Waals surface area contributed by atoms with Gasteiger partial charge in [0.05, 0.1) is 17.2 Å². The zero-order valence-corrected chi connectivity index (χ0v) is 15.2. The lowest BCUT2D eigenvalue weighted by molar-refractivity contribution is -0.144. The molecule has 0 unspecified atom stereocenters. The van der Waals surface area contributed by atoms with Gasteiger partial charge in [-0.3, -0.25) is 4.79 Å². The molecule has 0 spiro atoms. The molecule has 0 aromatic heterocycles. The standard InChI is InChI=1S/C18H16Cl2O5/c1-11-3-6-16(17(7-11)23-2)24-10-18(22)25-9-15(21)12-4-5-13(19)14(20)8-12/h3-8H,9-10H2,1-2H3. The van der Waals surface area contributed by atoms with E-state index in [2.05, 4.69) is 0 Å². The van der Waals surface area contributed by atoms with Crippen LogP contribution in [0.15, 0.2) is 36.4 Å². The first-order valence-corrected chi connectivity index (χ1v) is 8.07. The lowest BCUT2D eigenvalue weighted by Gasteiger charge is -2.11. The number of ketones is 1. The SMILES string of the molecule is COc1cc(C)ccc1OCC(=O)OCC(=O)c1ccc(Cl)c(Cl)c1. The first kappa shape index (κ1) is 19.1. The second-order valence-corrected chi connectivity index (χ2v) is 5.97. The molecule has 0 atom stereocenters. The molecule has 0 N–H and O–H groups in total. The third-order valence-electron chi connectivity index (χ3n) is 3.27. The van der Waals surface area contributed by atoms with E-state index in [1.807, 2.05) is 13.0 Å². The molecule has 0 radical (unpaired) electrons. The number of aryl methyl sites for hydroxylation is 1. The predicted molar refractivity (Wildman–Crippen MR) is 95.0 cm³/mol. The van der Waals surface area contributed by atoms with Crippen LogP contribution in [0.3, 0.4) is 0 Å². The first-order chi connectivity index (χ1) is 11.9. The average molecular weight is 383 g/mol. The van der Waals surface area contributed by atoms with Crippen molar-refractivity contribution in [1.82, 2.24) is 0 Å². The highest BCUT2D eigenvalue weighted by Crippen LogP contribution is 2.27. The monoisotopic (exact) mass is 382 g/mol. The van der Waals surface area contributed by atoms with Gasteiger partial charge in [-0.05, 0) is 42.8 Å². The number of methoxy groups -OCH3 is 1. The van der Waals surface area contributed by atoms with Crippen LogP contribution in [0.5, 0.6) is 11.5 Å². The van der Waals surface area contributed by atoms with Gasteiger partial charge in [0, 0.05) is 5.56 Å². The van der Waals surface area contributed by atoms with Crippen LogP contribution in [0.4, 0.5) is 0 Å². The van der Waals surface area contributed by atoms with Crippen molar-refractivity contribution >= 4 is 35.0 Å². The van der Waals surface area contributed by atoms with Crippen molar-refractivity contribution in [3.63, 3.8) is 0 Å². The highest BCUT2D eigenvalue weighted by atomic mass is 35.5. The predicted octanol–water partition coefficient (Wildman–Crippen LogP) is 4.12. The maximum atomic E-state index is 12.0. The Bertz CT molecular complexity index is 789. The maximum absolute atomic E-state index is 12.0. The molecule has 0 bridgehead atoms. The largest absolute Gasteiger partial charge is 0.493 e. The molecule has 2 rings (SSSR count). The molecule has 2 aromatic carbocycles. The fraction of sp³-hybridized carbons (Fsp3) is 0.222. The summed E-state index contributed by atoms with van der Waals surface area (Å²) in [7, 11) is 1.51. The molecule has 0 aliphatic heterocycles. The molecule has 0 aliphatic carbocycles. The Morgan fingerprint density at radius 2 is 1.72 bits per heavy atom. The first-order valence-electron chi connectivity index (χ1n) is 7.32. The topological polar surface area (TPSA) is 61.8 Å². The summed E-state index contributed by atoms with van der Waals surface area (Å²) in [5, 5.41) is 0.601. The lowest BCUT2D eigenvalue weighted by atomic mass is 10.1. The van der Waals surface area contributed by atoms with E-state index in [-0.39, 0.29) is 17.4 Å². The van der Waals surface area contributed by atoms with Gasteiger partial charge in [0.1, 0.15) is 0 Å². The summed E-state index contributed by atoms with van der Waals surface area (Å²) in [6, 6.07) is 9.76. The van der Waals surface area contributed by atoms with E-state index in [1.54, 1.807) is 12.1 Å². The van der Waals surface area contributed by atoms with Crippen molar-refractivity contribution in [2.75, 3.05) is 20.3 Å². The van der Waals surface area contributed by atoms with E-state index in [9.17, 15) is 9.59 Å².